The molecule has 0 spiro atoms. The molecule has 164 valence electrons. The van der Waals surface area contributed by atoms with E-state index in [9.17, 15) is 23.5 Å². The van der Waals surface area contributed by atoms with Gasteiger partial charge in [0.25, 0.3) is 0 Å². The highest BCUT2D eigenvalue weighted by molar-refractivity contribution is 5.81. The third-order valence-electron chi connectivity index (χ3n) is 5.31. The molecule has 0 saturated heterocycles. The normalized spacial score (nSPS) is 11.4. The summed E-state index contributed by atoms with van der Waals surface area (Å²) in [5.74, 6) is -2.89. The van der Waals surface area contributed by atoms with Crippen LogP contribution < -0.4 is 5.43 Å². The Bertz CT molecular complexity index is 1160. The zero-order valence-electron chi connectivity index (χ0n) is 17.7. The van der Waals surface area contributed by atoms with E-state index in [4.69, 9.17) is 0 Å². The number of carboxylic acids is 1. The molecule has 0 aliphatic carbocycles. The van der Waals surface area contributed by atoms with Gasteiger partial charge in [-0.05, 0) is 75.6 Å². The maximum absolute atomic E-state index is 14.0. The van der Waals surface area contributed by atoms with Gasteiger partial charge in [0.05, 0.1) is 5.52 Å². The minimum atomic E-state index is -1.04. The Hall–Kier alpha value is -3.06. The van der Waals surface area contributed by atoms with Gasteiger partial charge in [0.1, 0.15) is 6.54 Å². The zero-order valence-corrected chi connectivity index (χ0v) is 17.7. The summed E-state index contributed by atoms with van der Waals surface area (Å²) in [7, 11) is 4.00. The maximum atomic E-state index is 14.0. The Morgan fingerprint density at radius 2 is 1.84 bits per heavy atom. The molecule has 1 aromatic heterocycles. The van der Waals surface area contributed by atoms with Gasteiger partial charge in [-0.1, -0.05) is 18.2 Å². The third kappa shape index (κ3) is 5.55. The molecule has 3 rings (SSSR count). The van der Waals surface area contributed by atoms with Crippen LogP contribution in [-0.4, -0.2) is 41.2 Å². The van der Waals surface area contributed by atoms with E-state index in [1.807, 2.05) is 26.2 Å². The molecule has 5 nitrogen and oxygen atoms in total. The number of rotatable bonds is 9. The van der Waals surface area contributed by atoms with Crippen molar-refractivity contribution in [3.63, 3.8) is 0 Å². The second kappa shape index (κ2) is 9.83. The lowest BCUT2D eigenvalue weighted by atomic mass is 10.0. The van der Waals surface area contributed by atoms with Crippen LogP contribution in [0.2, 0.25) is 0 Å². The first kappa shape index (κ1) is 22.6. The first-order chi connectivity index (χ1) is 14.8. The van der Waals surface area contributed by atoms with Gasteiger partial charge in [0, 0.05) is 17.1 Å². The molecule has 3 aromatic rings. The highest BCUT2D eigenvalue weighted by atomic mass is 19.2. The van der Waals surface area contributed by atoms with Crippen molar-refractivity contribution in [3.05, 3.63) is 81.1 Å². The molecule has 0 atom stereocenters. The molecular formula is C24H26F2N2O3. The first-order valence-corrected chi connectivity index (χ1v) is 10.2. The Balaban J connectivity index is 1.99. The minimum Gasteiger partial charge on any atom is -0.480 e. The number of fused-ring (bicyclic) bond motifs is 1. The SMILES string of the molecule is CN(C)CCCc1ccc2c(=O)cc(CCc3cccc(F)c3F)n(CC(=O)O)c2c1. The number of halogens is 2. The summed E-state index contributed by atoms with van der Waals surface area (Å²) < 4.78 is 29.1. The fourth-order valence-electron chi connectivity index (χ4n) is 3.76. The summed E-state index contributed by atoms with van der Waals surface area (Å²) in [5.41, 5.74) is 2.01. The molecule has 0 amide bonds. The average Bonchev–Trinajstić information content (AvgIpc) is 2.71. The Kier molecular flexibility index (Phi) is 7.17. The molecule has 7 heteroatoms. The smallest absolute Gasteiger partial charge is 0.323 e. The Morgan fingerprint density at radius 3 is 2.55 bits per heavy atom. The van der Waals surface area contributed by atoms with Crippen molar-refractivity contribution in [3.8, 4) is 0 Å². The molecule has 0 unspecified atom stereocenters. The predicted octanol–water partition coefficient (Wildman–Crippen LogP) is 3.64. The monoisotopic (exact) mass is 428 g/mol. The quantitative estimate of drug-likeness (QED) is 0.565. The van der Waals surface area contributed by atoms with Gasteiger partial charge in [0.15, 0.2) is 17.1 Å². The van der Waals surface area contributed by atoms with Crippen molar-refractivity contribution in [2.24, 2.45) is 0 Å². The molecule has 0 fully saturated rings. The second-order valence-corrected chi connectivity index (χ2v) is 7.95. The summed E-state index contributed by atoms with van der Waals surface area (Å²) in [4.78, 5) is 26.3. The third-order valence-corrected chi connectivity index (χ3v) is 5.31. The van der Waals surface area contributed by atoms with E-state index in [0.29, 0.717) is 16.6 Å². The number of hydrogen-bond acceptors (Lipinski definition) is 3. The van der Waals surface area contributed by atoms with Crippen LogP contribution in [0, 0.1) is 11.6 Å². The van der Waals surface area contributed by atoms with Crippen LogP contribution >= 0.6 is 0 Å². The summed E-state index contributed by atoms with van der Waals surface area (Å²) in [6, 6.07) is 10.9. The van der Waals surface area contributed by atoms with Crippen LogP contribution in [0.1, 0.15) is 23.2 Å². The van der Waals surface area contributed by atoms with Gasteiger partial charge in [-0.15, -0.1) is 0 Å². The lowest BCUT2D eigenvalue weighted by molar-refractivity contribution is -0.137. The molecule has 2 aromatic carbocycles. The van der Waals surface area contributed by atoms with E-state index in [1.165, 1.54) is 18.2 Å². The predicted molar refractivity (Wildman–Crippen MR) is 116 cm³/mol. The second-order valence-electron chi connectivity index (χ2n) is 7.95. The summed E-state index contributed by atoms with van der Waals surface area (Å²) >= 11 is 0. The number of hydrogen-bond donors (Lipinski definition) is 1. The van der Waals surface area contributed by atoms with Crippen molar-refractivity contribution in [2.75, 3.05) is 20.6 Å². The summed E-state index contributed by atoms with van der Waals surface area (Å²) in [5, 5.41) is 9.89. The van der Waals surface area contributed by atoms with Gasteiger partial charge in [0.2, 0.25) is 0 Å². The standard InChI is InChI=1S/C24H26F2N2O3/c1-27(2)12-4-5-16-8-11-19-21(13-16)28(15-23(30)31)18(14-22(19)29)10-9-17-6-3-7-20(25)24(17)26/h3,6-8,11,13-14H,4-5,9-10,12,15H2,1-2H3,(H,30,31). The van der Waals surface area contributed by atoms with Crippen molar-refractivity contribution >= 4 is 16.9 Å². The number of aryl methyl sites for hydroxylation is 3. The van der Waals surface area contributed by atoms with E-state index < -0.39 is 17.6 Å². The van der Waals surface area contributed by atoms with Gasteiger partial charge in [-0.3, -0.25) is 9.59 Å². The highest BCUT2D eigenvalue weighted by Crippen LogP contribution is 2.19. The first-order valence-electron chi connectivity index (χ1n) is 10.2. The van der Waals surface area contributed by atoms with Crippen molar-refractivity contribution in [1.29, 1.82) is 0 Å². The largest absolute Gasteiger partial charge is 0.480 e. The molecule has 0 bridgehead atoms. The fraction of sp³-hybridized carbons (Fsp3) is 0.333. The minimum absolute atomic E-state index is 0.149. The molecule has 1 N–H and O–H groups in total. The van der Waals surface area contributed by atoms with Gasteiger partial charge >= 0.3 is 5.97 Å². The summed E-state index contributed by atoms with van der Waals surface area (Å²) in [6.45, 7) is 0.595. The number of benzene rings is 2. The van der Waals surface area contributed by atoms with Crippen molar-refractivity contribution in [2.45, 2.75) is 32.2 Å². The molecular weight excluding hydrogens is 402 g/mol. The van der Waals surface area contributed by atoms with Crippen LogP contribution in [0.3, 0.4) is 0 Å². The van der Waals surface area contributed by atoms with Crippen LogP contribution in [-0.2, 0) is 30.6 Å². The van der Waals surface area contributed by atoms with Gasteiger partial charge < -0.3 is 14.6 Å². The number of carboxylic acid groups (broad SMARTS) is 1. The highest BCUT2D eigenvalue weighted by Gasteiger charge is 2.14. The van der Waals surface area contributed by atoms with E-state index in [-0.39, 0.29) is 30.4 Å². The molecule has 31 heavy (non-hydrogen) atoms. The van der Waals surface area contributed by atoms with E-state index in [2.05, 4.69) is 4.90 Å². The van der Waals surface area contributed by atoms with E-state index in [1.54, 1.807) is 10.6 Å². The van der Waals surface area contributed by atoms with Crippen LogP contribution in [0.15, 0.2) is 47.3 Å². The average molecular weight is 428 g/mol. The fourth-order valence-corrected chi connectivity index (χ4v) is 3.76. The van der Waals surface area contributed by atoms with Gasteiger partial charge in [-0.2, -0.15) is 0 Å². The molecule has 0 aliphatic heterocycles. The molecule has 1 heterocycles. The van der Waals surface area contributed by atoms with Crippen molar-refractivity contribution < 1.29 is 18.7 Å². The topological polar surface area (TPSA) is 62.5 Å². The Morgan fingerprint density at radius 1 is 1.06 bits per heavy atom. The van der Waals surface area contributed by atoms with E-state index in [0.717, 1.165) is 31.0 Å². The van der Waals surface area contributed by atoms with Crippen LogP contribution in [0.4, 0.5) is 8.78 Å². The molecule has 0 radical (unpaired) electrons. The van der Waals surface area contributed by atoms with Crippen LogP contribution in [0.25, 0.3) is 10.9 Å². The van der Waals surface area contributed by atoms with E-state index >= 15 is 0 Å². The number of aromatic nitrogens is 1. The number of nitrogens with zero attached hydrogens (tertiary/aromatic N) is 2. The lowest BCUT2D eigenvalue weighted by Crippen LogP contribution is -2.19. The van der Waals surface area contributed by atoms with Gasteiger partial charge in [-0.25, -0.2) is 8.78 Å². The molecule has 0 saturated carbocycles. The summed E-state index contributed by atoms with van der Waals surface area (Å²) in [6.07, 6.45) is 2.09. The maximum Gasteiger partial charge on any atom is 0.323 e. The number of aliphatic carboxylic acids is 1. The van der Waals surface area contributed by atoms with Crippen molar-refractivity contribution in [1.82, 2.24) is 9.47 Å². The zero-order chi connectivity index (χ0) is 22.5. The number of carbonyl (C=O) groups is 1. The Labute approximate surface area is 179 Å². The molecule has 0 aliphatic rings. The number of pyridine rings is 1. The van der Waals surface area contributed by atoms with Crippen LogP contribution in [0.5, 0.6) is 0 Å². The lowest BCUT2D eigenvalue weighted by Gasteiger charge is -2.17.